The largest absolute Gasteiger partial charge is 0.496 e. The molecule has 1 spiro atoms. The van der Waals surface area contributed by atoms with Crippen molar-refractivity contribution in [1.82, 2.24) is 4.90 Å². The number of amides is 1. The van der Waals surface area contributed by atoms with Gasteiger partial charge >= 0.3 is 0 Å². The summed E-state index contributed by atoms with van der Waals surface area (Å²) in [6.45, 7) is 3.05. The molecule has 31 heavy (non-hydrogen) atoms. The number of carbonyl (C=O) groups excluding carboxylic acids is 3. The SMILES string of the molecule is COc1cc(-c2ccc(F)cc2)cc(C)c1C1C(=O)CC2(CCN(C=O)CC2)CC1=O. The zero-order valence-electron chi connectivity index (χ0n) is 17.8. The summed E-state index contributed by atoms with van der Waals surface area (Å²) in [4.78, 5) is 39.2. The molecule has 1 saturated carbocycles. The molecule has 5 nitrogen and oxygen atoms in total. The summed E-state index contributed by atoms with van der Waals surface area (Å²) in [6.07, 6.45) is 2.88. The number of rotatable bonds is 4. The first kappa shape index (κ1) is 21.2. The Bertz CT molecular complexity index is 1000. The van der Waals surface area contributed by atoms with Gasteiger partial charge in [-0.15, -0.1) is 0 Å². The number of hydrogen-bond acceptors (Lipinski definition) is 4. The number of ketones is 2. The first-order chi connectivity index (χ1) is 14.9. The van der Waals surface area contributed by atoms with Gasteiger partial charge in [-0.2, -0.15) is 0 Å². The minimum absolute atomic E-state index is 0.0771. The van der Waals surface area contributed by atoms with Crippen molar-refractivity contribution in [3.8, 4) is 16.9 Å². The zero-order valence-corrected chi connectivity index (χ0v) is 17.8. The molecule has 0 aromatic heterocycles. The second-order valence-corrected chi connectivity index (χ2v) is 8.78. The molecule has 162 valence electrons. The van der Waals surface area contributed by atoms with E-state index < -0.39 is 5.92 Å². The lowest BCUT2D eigenvalue weighted by Gasteiger charge is -2.44. The number of piperidine rings is 1. The molecule has 0 N–H and O–H groups in total. The van der Waals surface area contributed by atoms with Gasteiger partial charge in [-0.25, -0.2) is 4.39 Å². The minimum Gasteiger partial charge on any atom is -0.496 e. The van der Waals surface area contributed by atoms with Crippen LogP contribution in [0.25, 0.3) is 11.1 Å². The van der Waals surface area contributed by atoms with E-state index >= 15 is 0 Å². The summed E-state index contributed by atoms with van der Waals surface area (Å²) in [6, 6.07) is 9.90. The molecule has 0 bridgehead atoms. The molecule has 2 aromatic rings. The fraction of sp³-hybridized carbons (Fsp3) is 0.400. The van der Waals surface area contributed by atoms with Gasteiger partial charge in [-0.3, -0.25) is 14.4 Å². The van der Waals surface area contributed by atoms with E-state index in [-0.39, 0.29) is 22.8 Å². The average Bonchev–Trinajstić information content (AvgIpc) is 2.75. The normalized spacial score (nSPS) is 19.0. The van der Waals surface area contributed by atoms with Gasteiger partial charge in [0.05, 0.1) is 7.11 Å². The Hall–Kier alpha value is -3.02. The molecule has 1 aliphatic carbocycles. The van der Waals surface area contributed by atoms with Crippen LogP contribution in [0.4, 0.5) is 4.39 Å². The minimum atomic E-state index is -0.827. The topological polar surface area (TPSA) is 63.7 Å². The Balaban J connectivity index is 1.65. The number of nitrogens with zero attached hydrogens (tertiary/aromatic N) is 1. The molecule has 0 radical (unpaired) electrons. The standard InChI is InChI=1S/C25H26FNO4/c1-16-11-18(17-3-5-19(26)6-4-17)12-22(31-2)23(16)24-20(29)13-25(14-21(24)30)7-9-27(15-28)10-8-25/h3-6,11-12,15,24H,7-10,13-14H2,1-2H3. The maximum atomic E-state index is 13.3. The van der Waals surface area contributed by atoms with Crippen molar-refractivity contribution in [1.29, 1.82) is 0 Å². The van der Waals surface area contributed by atoms with Gasteiger partial charge in [0.15, 0.2) is 0 Å². The third-order valence-corrected chi connectivity index (χ3v) is 6.79. The Morgan fingerprint density at radius 3 is 2.19 bits per heavy atom. The van der Waals surface area contributed by atoms with Crippen LogP contribution in [-0.4, -0.2) is 43.1 Å². The fourth-order valence-electron chi connectivity index (χ4n) is 5.08. The molecular weight excluding hydrogens is 397 g/mol. The fourth-order valence-corrected chi connectivity index (χ4v) is 5.08. The van der Waals surface area contributed by atoms with E-state index in [1.54, 1.807) is 17.0 Å². The predicted octanol–water partition coefficient (Wildman–Crippen LogP) is 4.06. The highest BCUT2D eigenvalue weighted by Crippen LogP contribution is 2.48. The molecule has 1 saturated heterocycles. The van der Waals surface area contributed by atoms with Crippen LogP contribution in [0.3, 0.4) is 0 Å². The number of aryl methyl sites for hydroxylation is 1. The van der Waals surface area contributed by atoms with Crippen LogP contribution in [0.15, 0.2) is 36.4 Å². The van der Waals surface area contributed by atoms with E-state index in [1.807, 2.05) is 19.1 Å². The second kappa shape index (κ2) is 8.25. The number of hydrogen-bond donors (Lipinski definition) is 0. The van der Waals surface area contributed by atoms with E-state index in [0.29, 0.717) is 50.1 Å². The predicted molar refractivity (Wildman–Crippen MR) is 114 cm³/mol. The molecule has 6 heteroatoms. The van der Waals surface area contributed by atoms with Crippen LogP contribution >= 0.6 is 0 Å². The van der Waals surface area contributed by atoms with Crippen molar-refractivity contribution in [2.75, 3.05) is 20.2 Å². The van der Waals surface area contributed by atoms with Gasteiger partial charge < -0.3 is 9.64 Å². The summed E-state index contributed by atoms with van der Waals surface area (Å²) < 4.78 is 18.9. The monoisotopic (exact) mass is 423 g/mol. The van der Waals surface area contributed by atoms with Crippen molar-refractivity contribution in [3.63, 3.8) is 0 Å². The van der Waals surface area contributed by atoms with Crippen LogP contribution in [0.2, 0.25) is 0 Å². The quantitative estimate of drug-likeness (QED) is 0.550. The molecule has 1 aliphatic heterocycles. The molecule has 2 aliphatic rings. The van der Waals surface area contributed by atoms with E-state index in [4.69, 9.17) is 4.74 Å². The number of likely N-dealkylation sites (tertiary alicyclic amines) is 1. The van der Waals surface area contributed by atoms with Crippen molar-refractivity contribution in [2.45, 2.75) is 38.5 Å². The number of halogens is 1. The van der Waals surface area contributed by atoms with E-state index in [9.17, 15) is 18.8 Å². The van der Waals surface area contributed by atoms with E-state index in [1.165, 1.54) is 19.2 Å². The molecule has 4 rings (SSSR count). The van der Waals surface area contributed by atoms with Crippen LogP contribution < -0.4 is 4.74 Å². The zero-order chi connectivity index (χ0) is 22.2. The van der Waals surface area contributed by atoms with Crippen molar-refractivity contribution in [3.05, 3.63) is 53.3 Å². The van der Waals surface area contributed by atoms with Crippen LogP contribution in [0.5, 0.6) is 5.75 Å². The van der Waals surface area contributed by atoms with E-state index in [2.05, 4.69) is 0 Å². The number of ether oxygens (including phenoxy) is 1. The lowest BCUT2D eigenvalue weighted by molar-refractivity contribution is -0.138. The second-order valence-electron chi connectivity index (χ2n) is 8.78. The Labute approximate surface area is 181 Å². The molecule has 1 heterocycles. The summed E-state index contributed by atoms with van der Waals surface area (Å²) in [7, 11) is 1.53. The average molecular weight is 423 g/mol. The number of methoxy groups -OCH3 is 1. The molecule has 2 aromatic carbocycles. The Morgan fingerprint density at radius 1 is 1.03 bits per heavy atom. The van der Waals surface area contributed by atoms with Gasteiger partial charge in [0.2, 0.25) is 6.41 Å². The first-order valence-electron chi connectivity index (χ1n) is 10.5. The van der Waals surface area contributed by atoms with Crippen LogP contribution in [0, 0.1) is 18.2 Å². The third-order valence-electron chi connectivity index (χ3n) is 6.79. The summed E-state index contributed by atoms with van der Waals surface area (Å²) in [5.41, 5.74) is 2.77. The van der Waals surface area contributed by atoms with Gasteiger partial charge in [0.25, 0.3) is 0 Å². The maximum absolute atomic E-state index is 13.3. The highest BCUT2D eigenvalue weighted by molar-refractivity contribution is 6.11. The summed E-state index contributed by atoms with van der Waals surface area (Å²) in [5.74, 6) is -0.793. The maximum Gasteiger partial charge on any atom is 0.209 e. The number of benzene rings is 2. The third kappa shape index (κ3) is 3.99. The Kier molecular flexibility index (Phi) is 5.65. The number of Topliss-reactive ketones (excluding diaryl/α,β-unsaturated/α-hetero) is 2. The summed E-state index contributed by atoms with van der Waals surface area (Å²) >= 11 is 0. The highest BCUT2D eigenvalue weighted by Gasteiger charge is 2.47. The van der Waals surface area contributed by atoms with Gasteiger partial charge in [0.1, 0.15) is 29.1 Å². The van der Waals surface area contributed by atoms with Crippen molar-refractivity contribution < 1.29 is 23.5 Å². The lowest BCUT2D eigenvalue weighted by atomic mass is 9.63. The smallest absolute Gasteiger partial charge is 0.209 e. The molecular formula is C25H26FNO4. The first-order valence-corrected chi connectivity index (χ1v) is 10.5. The lowest BCUT2D eigenvalue weighted by Crippen LogP contribution is -2.46. The van der Waals surface area contributed by atoms with Crippen molar-refractivity contribution >= 4 is 18.0 Å². The van der Waals surface area contributed by atoms with Gasteiger partial charge in [-0.1, -0.05) is 18.2 Å². The van der Waals surface area contributed by atoms with Crippen LogP contribution in [0.1, 0.15) is 42.7 Å². The van der Waals surface area contributed by atoms with Gasteiger partial charge in [-0.05, 0) is 60.1 Å². The van der Waals surface area contributed by atoms with Crippen molar-refractivity contribution in [2.24, 2.45) is 5.41 Å². The summed E-state index contributed by atoms with van der Waals surface area (Å²) in [5, 5.41) is 0. The molecule has 1 amide bonds. The van der Waals surface area contributed by atoms with Gasteiger partial charge in [0, 0.05) is 31.5 Å². The molecule has 0 atom stereocenters. The van der Waals surface area contributed by atoms with Crippen LogP contribution in [-0.2, 0) is 14.4 Å². The highest BCUT2D eigenvalue weighted by atomic mass is 19.1. The Morgan fingerprint density at radius 2 is 1.65 bits per heavy atom. The molecule has 2 fully saturated rings. The molecule has 0 unspecified atom stereocenters. The van der Waals surface area contributed by atoms with E-state index in [0.717, 1.165) is 23.1 Å². The number of carbonyl (C=O) groups is 3.